The van der Waals surface area contributed by atoms with Crippen LogP contribution in [0.2, 0.25) is 30.7 Å². The van der Waals surface area contributed by atoms with Crippen molar-refractivity contribution in [1.29, 1.82) is 0 Å². The number of aliphatic hydroxyl groups excluding tert-OH is 1. The van der Waals surface area contributed by atoms with Crippen LogP contribution in [0.4, 0.5) is 0 Å². The number of benzene rings is 1. The maximum Gasteiger partial charge on any atom is 0.301 e. The van der Waals surface area contributed by atoms with Crippen LogP contribution in [-0.2, 0) is 37.2 Å². The van der Waals surface area contributed by atoms with E-state index < -0.39 is 36.1 Å². The first-order chi connectivity index (χ1) is 21.8. The van der Waals surface area contributed by atoms with Crippen LogP contribution in [0.3, 0.4) is 0 Å². The fraction of sp³-hybridized carbons (Fsp3) is 0.469. The molecule has 0 bridgehead atoms. The summed E-state index contributed by atoms with van der Waals surface area (Å²) in [4.78, 5) is 14.1. The summed E-state index contributed by atoms with van der Waals surface area (Å²) in [6.07, 6.45) is 3.06. The molecule has 14 heteroatoms. The zero-order valence-electron chi connectivity index (χ0n) is 26.7. The first-order valence-electron chi connectivity index (χ1n) is 15.3. The molecule has 0 unspecified atom stereocenters. The largest absolute Gasteiger partial charge is 0.456 e. The molecule has 246 valence electrons. The quantitative estimate of drug-likeness (QED) is 0.166. The van der Waals surface area contributed by atoms with Gasteiger partial charge in [-0.25, -0.2) is 9.35 Å². The van der Waals surface area contributed by atoms with Gasteiger partial charge >= 0.3 is 6.01 Å². The number of ether oxygens (including phenoxy) is 4. The molecule has 0 radical (unpaired) electrons. The van der Waals surface area contributed by atoms with Crippen molar-refractivity contribution in [3.05, 3.63) is 59.4 Å². The SMILES string of the molecule is C[Si](C)(C)CCOCn1c(O[C@@H]2CO[C@H]3[C@@H]2OC[C@H]3O)nc2cc(Cl)c(-c3ccc(-c4ccnc(CN=S(C)(C)=O)c4)cc3)nc21. The lowest BCUT2D eigenvalue weighted by Gasteiger charge is -2.19. The molecule has 3 aromatic heterocycles. The van der Waals surface area contributed by atoms with Crippen molar-refractivity contribution in [3.63, 3.8) is 0 Å². The molecule has 4 atom stereocenters. The summed E-state index contributed by atoms with van der Waals surface area (Å²) < 4.78 is 42.1. The second-order valence-electron chi connectivity index (χ2n) is 13.2. The third kappa shape index (κ3) is 7.62. The van der Waals surface area contributed by atoms with Gasteiger partial charge in [-0.05, 0) is 35.4 Å². The minimum absolute atomic E-state index is 0.205. The number of halogens is 1. The lowest BCUT2D eigenvalue weighted by molar-refractivity contribution is 0.00336. The lowest BCUT2D eigenvalue weighted by Crippen LogP contribution is -2.35. The molecule has 0 amide bonds. The van der Waals surface area contributed by atoms with Crippen molar-refractivity contribution in [2.75, 3.05) is 32.3 Å². The molecule has 0 saturated carbocycles. The van der Waals surface area contributed by atoms with Crippen LogP contribution in [0.5, 0.6) is 6.01 Å². The van der Waals surface area contributed by atoms with Crippen molar-refractivity contribution >= 4 is 40.6 Å². The summed E-state index contributed by atoms with van der Waals surface area (Å²) in [5.41, 5.74) is 5.33. The Morgan fingerprint density at radius 1 is 1.04 bits per heavy atom. The second-order valence-corrected chi connectivity index (χ2v) is 21.9. The lowest BCUT2D eigenvalue weighted by atomic mass is 10.0. The Morgan fingerprint density at radius 3 is 2.52 bits per heavy atom. The maximum atomic E-state index is 12.0. The Bertz CT molecular complexity index is 1830. The molecule has 4 aromatic rings. The molecule has 5 heterocycles. The number of fused-ring (bicyclic) bond motifs is 2. The molecule has 2 aliphatic rings. The first-order valence-corrected chi connectivity index (χ1v) is 21.7. The molecule has 2 saturated heterocycles. The van der Waals surface area contributed by atoms with Gasteiger partial charge in [0.15, 0.2) is 11.8 Å². The van der Waals surface area contributed by atoms with E-state index in [9.17, 15) is 9.32 Å². The van der Waals surface area contributed by atoms with E-state index in [1.165, 1.54) is 0 Å². The maximum absolute atomic E-state index is 12.0. The summed E-state index contributed by atoms with van der Waals surface area (Å²) in [6.45, 7) is 8.54. The zero-order chi connectivity index (χ0) is 32.6. The van der Waals surface area contributed by atoms with Gasteiger partial charge < -0.3 is 24.1 Å². The highest BCUT2D eigenvalue weighted by Crippen LogP contribution is 2.35. The van der Waals surface area contributed by atoms with Gasteiger partial charge in [-0.2, -0.15) is 4.98 Å². The predicted molar refractivity (Wildman–Crippen MR) is 181 cm³/mol. The van der Waals surface area contributed by atoms with Crippen LogP contribution >= 0.6 is 11.6 Å². The van der Waals surface area contributed by atoms with Gasteiger partial charge in [-0.1, -0.05) is 55.5 Å². The highest BCUT2D eigenvalue weighted by Gasteiger charge is 2.49. The molecular formula is C32H40ClN5O6SSi. The average Bonchev–Trinajstić information content (AvgIpc) is 3.68. The van der Waals surface area contributed by atoms with Crippen molar-refractivity contribution < 1.29 is 28.3 Å². The van der Waals surface area contributed by atoms with Crippen molar-refractivity contribution in [1.82, 2.24) is 19.5 Å². The standard InChI is InChI=1S/C32H40ClN5O6SSi/c1-45(2,40)35-16-23-14-22(10-11-34-23)20-6-8-21(9-7-20)28-24(33)15-25-31(37-28)38(19-41-12-13-46(3,4)5)32(36-25)44-27-18-43-29-26(39)17-42-30(27)29/h6-11,14-15,26-27,29-30,39H,12-13,16-19H2,1-5H3/t26-,27-,29-,30-/m1/s1. The van der Waals surface area contributed by atoms with Gasteiger partial charge in [0.05, 0.1) is 36.2 Å². The summed E-state index contributed by atoms with van der Waals surface area (Å²) >= 11 is 6.80. The predicted octanol–water partition coefficient (Wildman–Crippen LogP) is 5.26. The number of aromatic nitrogens is 4. The summed E-state index contributed by atoms with van der Waals surface area (Å²) in [6, 6.07) is 15.0. The molecule has 2 fully saturated rings. The van der Waals surface area contributed by atoms with E-state index in [2.05, 4.69) is 29.0 Å². The van der Waals surface area contributed by atoms with E-state index in [1.807, 2.05) is 41.0 Å². The van der Waals surface area contributed by atoms with Gasteiger partial charge in [0.25, 0.3) is 0 Å². The van der Waals surface area contributed by atoms with E-state index in [1.54, 1.807) is 24.8 Å². The van der Waals surface area contributed by atoms with E-state index in [0.29, 0.717) is 41.0 Å². The molecular weight excluding hydrogens is 646 g/mol. The molecule has 2 aliphatic heterocycles. The topological polar surface area (TPSA) is 130 Å². The van der Waals surface area contributed by atoms with E-state index >= 15 is 0 Å². The monoisotopic (exact) mass is 685 g/mol. The smallest absolute Gasteiger partial charge is 0.301 e. The van der Waals surface area contributed by atoms with E-state index in [4.69, 9.17) is 40.5 Å². The minimum Gasteiger partial charge on any atom is -0.456 e. The average molecular weight is 686 g/mol. The van der Waals surface area contributed by atoms with E-state index in [0.717, 1.165) is 28.4 Å². The van der Waals surface area contributed by atoms with Crippen LogP contribution in [0.1, 0.15) is 5.69 Å². The van der Waals surface area contributed by atoms with E-state index in [-0.39, 0.29) is 26.0 Å². The van der Waals surface area contributed by atoms with Crippen LogP contribution in [-0.4, -0.2) is 93.7 Å². The Labute approximate surface area is 275 Å². The Kier molecular flexibility index (Phi) is 9.54. The van der Waals surface area contributed by atoms with Gasteiger partial charge in [-0.15, -0.1) is 0 Å². The normalized spacial score (nSPS) is 21.5. The molecule has 11 nitrogen and oxygen atoms in total. The number of imidazole rings is 1. The zero-order valence-corrected chi connectivity index (χ0v) is 29.3. The fourth-order valence-electron chi connectivity index (χ4n) is 5.41. The van der Waals surface area contributed by atoms with Crippen LogP contribution in [0, 0.1) is 0 Å². The van der Waals surface area contributed by atoms with Gasteiger partial charge in [0.1, 0.15) is 30.6 Å². The summed E-state index contributed by atoms with van der Waals surface area (Å²) in [5, 5.41) is 10.6. The summed E-state index contributed by atoms with van der Waals surface area (Å²) in [7, 11) is -3.50. The van der Waals surface area contributed by atoms with Crippen LogP contribution < -0.4 is 4.74 Å². The number of hydrogen-bond donors (Lipinski definition) is 1. The minimum atomic E-state index is -2.21. The third-order valence-electron chi connectivity index (χ3n) is 7.94. The Morgan fingerprint density at radius 2 is 1.78 bits per heavy atom. The van der Waals surface area contributed by atoms with Crippen molar-refractivity contribution in [3.8, 4) is 28.4 Å². The molecule has 1 N–H and O–H groups in total. The van der Waals surface area contributed by atoms with Crippen LogP contribution in [0.15, 0.2) is 53.0 Å². The number of aliphatic hydroxyl groups is 1. The fourth-order valence-corrected chi connectivity index (χ4v) is 6.87. The Balaban J connectivity index is 1.29. The Hall–Kier alpha value is -2.91. The highest BCUT2D eigenvalue weighted by molar-refractivity contribution is 7.92. The van der Waals surface area contributed by atoms with Crippen molar-refractivity contribution in [2.45, 2.75) is 63.4 Å². The second kappa shape index (κ2) is 13.3. The van der Waals surface area contributed by atoms with Gasteiger partial charge in [0, 0.05) is 48.7 Å². The number of rotatable bonds is 11. The number of nitrogens with zero attached hydrogens (tertiary/aromatic N) is 5. The third-order valence-corrected chi connectivity index (χ3v) is 10.7. The molecule has 46 heavy (non-hydrogen) atoms. The van der Waals surface area contributed by atoms with Crippen LogP contribution in [0.25, 0.3) is 33.5 Å². The number of pyridine rings is 2. The van der Waals surface area contributed by atoms with Gasteiger partial charge in [-0.3, -0.25) is 13.8 Å². The number of hydrogen-bond acceptors (Lipinski definition) is 10. The van der Waals surface area contributed by atoms with Crippen molar-refractivity contribution in [2.24, 2.45) is 4.36 Å². The first kappa shape index (κ1) is 33.0. The summed E-state index contributed by atoms with van der Waals surface area (Å²) in [5.74, 6) is 0. The van der Waals surface area contributed by atoms with Gasteiger partial charge in [0.2, 0.25) is 0 Å². The molecule has 1 aromatic carbocycles. The molecule has 0 spiro atoms. The molecule has 0 aliphatic carbocycles. The molecule has 6 rings (SSSR count). The highest BCUT2D eigenvalue weighted by atomic mass is 35.5.